The largest absolute Gasteiger partial charge is 0.458 e. The first kappa shape index (κ1) is 19.3. The first-order valence-corrected chi connectivity index (χ1v) is 10.4. The van der Waals surface area contributed by atoms with E-state index in [1.165, 1.54) is 28.6 Å². The highest BCUT2D eigenvalue weighted by molar-refractivity contribution is 7.89. The summed E-state index contributed by atoms with van der Waals surface area (Å²) in [6.45, 7) is 2.36. The Hall–Kier alpha value is -3.05. The van der Waals surface area contributed by atoms with Gasteiger partial charge in [-0.05, 0) is 44.0 Å². The standard InChI is InChI=1S/C18H18N4O6S/c1-12-4-9-16(27-12)17-19-18(28-20-17)13-3-2-10-21(11-13)29(25,26)15-7-5-14(6-8-15)22(23)24/h4-9,13H,2-3,10-11H2,1H3/t13-/m1/s1. The number of piperidine rings is 1. The Kier molecular flexibility index (Phi) is 4.92. The predicted molar refractivity (Wildman–Crippen MR) is 101 cm³/mol. The van der Waals surface area contributed by atoms with Gasteiger partial charge >= 0.3 is 0 Å². The maximum Gasteiger partial charge on any atom is 0.269 e. The smallest absolute Gasteiger partial charge is 0.269 e. The minimum atomic E-state index is -3.79. The minimum Gasteiger partial charge on any atom is -0.458 e. The SMILES string of the molecule is Cc1ccc(-c2noc([C@@H]3CCCN(S(=O)(=O)c4ccc([N+](=O)[O-])cc4)C3)n2)o1. The lowest BCUT2D eigenvalue weighted by Crippen LogP contribution is -2.39. The van der Waals surface area contributed by atoms with Gasteiger partial charge in [-0.3, -0.25) is 10.1 Å². The molecule has 11 heteroatoms. The number of aromatic nitrogens is 2. The number of nitro groups is 1. The number of hydrogen-bond acceptors (Lipinski definition) is 8. The van der Waals surface area contributed by atoms with Crippen molar-refractivity contribution in [2.24, 2.45) is 0 Å². The van der Waals surface area contributed by atoms with Gasteiger partial charge in [-0.25, -0.2) is 8.42 Å². The number of hydrogen-bond donors (Lipinski definition) is 0. The molecule has 0 amide bonds. The van der Waals surface area contributed by atoms with Crippen molar-refractivity contribution in [3.63, 3.8) is 0 Å². The third kappa shape index (κ3) is 3.78. The summed E-state index contributed by atoms with van der Waals surface area (Å²) >= 11 is 0. The van der Waals surface area contributed by atoms with Crippen LogP contribution in [0.3, 0.4) is 0 Å². The second-order valence-electron chi connectivity index (χ2n) is 6.82. The van der Waals surface area contributed by atoms with Crippen molar-refractivity contribution in [2.45, 2.75) is 30.6 Å². The van der Waals surface area contributed by atoms with E-state index >= 15 is 0 Å². The summed E-state index contributed by atoms with van der Waals surface area (Å²) in [6, 6.07) is 8.41. The van der Waals surface area contributed by atoms with E-state index in [9.17, 15) is 18.5 Å². The summed E-state index contributed by atoms with van der Waals surface area (Å²) in [5.41, 5.74) is -0.160. The van der Waals surface area contributed by atoms with Crippen LogP contribution in [-0.2, 0) is 10.0 Å². The van der Waals surface area contributed by atoms with Gasteiger partial charge in [0.25, 0.3) is 5.69 Å². The van der Waals surface area contributed by atoms with Crippen LogP contribution < -0.4 is 0 Å². The Morgan fingerprint density at radius 1 is 1.21 bits per heavy atom. The fourth-order valence-corrected chi connectivity index (χ4v) is 4.83. The van der Waals surface area contributed by atoms with Gasteiger partial charge in [0.2, 0.25) is 21.7 Å². The molecule has 3 heterocycles. The number of non-ortho nitro benzene ring substituents is 1. The van der Waals surface area contributed by atoms with Gasteiger partial charge in [0, 0.05) is 25.2 Å². The van der Waals surface area contributed by atoms with E-state index in [1.54, 1.807) is 12.1 Å². The normalized spacial score (nSPS) is 18.0. The van der Waals surface area contributed by atoms with Crippen molar-refractivity contribution in [2.75, 3.05) is 13.1 Å². The highest BCUT2D eigenvalue weighted by Crippen LogP contribution is 2.31. The minimum absolute atomic E-state index is 0.0148. The van der Waals surface area contributed by atoms with Crippen molar-refractivity contribution in [3.05, 3.63) is 58.2 Å². The van der Waals surface area contributed by atoms with Crippen LogP contribution >= 0.6 is 0 Å². The van der Waals surface area contributed by atoms with Crippen LogP contribution in [0.15, 0.2) is 50.2 Å². The van der Waals surface area contributed by atoms with E-state index < -0.39 is 14.9 Å². The molecule has 0 bridgehead atoms. The summed E-state index contributed by atoms with van der Waals surface area (Å²) in [5, 5.41) is 14.7. The van der Waals surface area contributed by atoms with Crippen molar-refractivity contribution >= 4 is 15.7 Å². The number of nitrogens with zero attached hydrogens (tertiary/aromatic N) is 4. The molecule has 0 N–H and O–H groups in total. The Morgan fingerprint density at radius 3 is 2.62 bits per heavy atom. The van der Waals surface area contributed by atoms with Crippen molar-refractivity contribution < 1.29 is 22.3 Å². The summed E-state index contributed by atoms with van der Waals surface area (Å²) in [5.74, 6) is 1.66. The summed E-state index contributed by atoms with van der Waals surface area (Å²) in [4.78, 5) is 14.6. The van der Waals surface area contributed by atoms with E-state index in [0.717, 1.165) is 5.76 Å². The Bertz CT molecular complexity index is 1140. The van der Waals surface area contributed by atoms with Crippen LogP contribution in [0.25, 0.3) is 11.6 Å². The summed E-state index contributed by atoms with van der Waals surface area (Å²) < 4.78 is 38.1. The van der Waals surface area contributed by atoms with E-state index in [0.29, 0.717) is 36.9 Å². The fraction of sp³-hybridized carbons (Fsp3) is 0.333. The fourth-order valence-electron chi connectivity index (χ4n) is 3.31. The van der Waals surface area contributed by atoms with Gasteiger partial charge in [-0.15, -0.1) is 0 Å². The Morgan fingerprint density at radius 2 is 1.97 bits per heavy atom. The molecule has 4 rings (SSSR count). The van der Waals surface area contributed by atoms with E-state index in [2.05, 4.69) is 10.1 Å². The van der Waals surface area contributed by atoms with E-state index in [1.807, 2.05) is 6.92 Å². The van der Waals surface area contributed by atoms with Gasteiger partial charge in [0.15, 0.2) is 5.76 Å². The number of nitro benzene ring substituents is 1. The molecule has 2 aromatic heterocycles. The lowest BCUT2D eigenvalue weighted by Gasteiger charge is -2.30. The molecule has 1 aliphatic heterocycles. The van der Waals surface area contributed by atoms with Crippen LogP contribution in [0.4, 0.5) is 5.69 Å². The molecule has 1 fully saturated rings. The van der Waals surface area contributed by atoms with Crippen LogP contribution in [0.2, 0.25) is 0 Å². The van der Waals surface area contributed by atoms with Gasteiger partial charge in [-0.1, -0.05) is 5.16 Å². The molecule has 29 heavy (non-hydrogen) atoms. The summed E-state index contributed by atoms with van der Waals surface area (Å²) in [7, 11) is -3.79. The number of furan rings is 1. The lowest BCUT2D eigenvalue weighted by molar-refractivity contribution is -0.384. The second kappa shape index (κ2) is 7.41. The molecule has 10 nitrogen and oxygen atoms in total. The average Bonchev–Trinajstić information content (AvgIpc) is 3.37. The first-order chi connectivity index (χ1) is 13.8. The lowest BCUT2D eigenvalue weighted by atomic mass is 10.00. The molecular weight excluding hydrogens is 400 g/mol. The third-order valence-corrected chi connectivity index (χ3v) is 6.70. The third-order valence-electron chi connectivity index (χ3n) is 4.82. The molecule has 0 unspecified atom stereocenters. The topological polar surface area (TPSA) is 133 Å². The second-order valence-corrected chi connectivity index (χ2v) is 8.76. The predicted octanol–water partition coefficient (Wildman–Crippen LogP) is 3.11. The zero-order valence-corrected chi connectivity index (χ0v) is 16.3. The molecule has 3 aromatic rings. The first-order valence-electron chi connectivity index (χ1n) is 8.99. The zero-order valence-electron chi connectivity index (χ0n) is 15.5. The summed E-state index contributed by atoms with van der Waals surface area (Å²) in [6.07, 6.45) is 1.35. The molecule has 1 aromatic carbocycles. The van der Waals surface area contributed by atoms with Crippen LogP contribution in [-0.4, -0.2) is 40.9 Å². The number of benzene rings is 1. The number of sulfonamides is 1. The van der Waals surface area contributed by atoms with E-state index in [4.69, 9.17) is 8.94 Å². The molecule has 0 saturated carbocycles. The molecule has 0 radical (unpaired) electrons. The molecule has 0 aliphatic carbocycles. The Labute approximate surface area is 166 Å². The quantitative estimate of drug-likeness (QED) is 0.456. The maximum absolute atomic E-state index is 12.9. The monoisotopic (exact) mass is 418 g/mol. The molecular formula is C18H18N4O6S. The van der Waals surface area contributed by atoms with E-state index in [-0.39, 0.29) is 23.0 Å². The van der Waals surface area contributed by atoms with Crippen LogP contribution in [0, 0.1) is 17.0 Å². The molecule has 0 spiro atoms. The molecule has 1 saturated heterocycles. The zero-order chi connectivity index (χ0) is 20.6. The number of rotatable bonds is 5. The van der Waals surface area contributed by atoms with Crippen molar-refractivity contribution in [1.82, 2.24) is 14.4 Å². The Balaban J connectivity index is 1.53. The van der Waals surface area contributed by atoms with Crippen molar-refractivity contribution in [1.29, 1.82) is 0 Å². The maximum atomic E-state index is 12.9. The van der Waals surface area contributed by atoms with Gasteiger partial charge in [0.1, 0.15) is 5.76 Å². The molecule has 1 aliphatic rings. The van der Waals surface area contributed by atoms with Crippen molar-refractivity contribution in [3.8, 4) is 11.6 Å². The highest BCUT2D eigenvalue weighted by Gasteiger charge is 2.33. The molecule has 1 atom stereocenters. The number of aryl methyl sites for hydroxylation is 1. The van der Waals surface area contributed by atoms with Crippen LogP contribution in [0.5, 0.6) is 0 Å². The van der Waals surface area contributed by atoms with Gasteiger partial charge in [0.05, 0.1) is 15.7 Å². The average molecular weight is 418 g/mol. The highest BCUT2D eigenvalue weighted by atomic mass is 32.2. The molecule has 152 valence electrons. The van der Waals surface area contributed by atoms with Gasteiger partial charge < -0.3 is 8.94 Å². The van der Waals surface area contributed by atoms with Gasteiger partial charge in [-0.2, -0.15) is 9.29 Å². The van der Waals surface area contributed by atoms with Crippen LogP contribution in [0.1, 0.15) is 30.4 Å².